The molecule has 0 saturated carbocycles. The summed E-state index contributed by atoms with van der Waals surface area (Å²) in [6.45, 7) is 0.582. The fourth-order valence-electron chi connectivity index (χ4n) is 2.05. The van der Waals surface area contributed by atoms with Crippen molar-refractivity contribution in [2.24, 2.45) is 0 Å². The zero-order valence-electron chi connectivity index (χ0n) is 11.6. The maximum Gasteiger partial charge on any atom is 0.258 e. The van der Waals surface area contributed by atoms with Gasteiger partial charge in [-0.1, -0.05) is 48.0 Å². The van der Waals surface area contributed by atoms with Gasteiger partial charge in [-0.15, -0.1) is 10.2 Å². The van der Waals surface area contributed by atoms with E-state index in [1.54, 1.807) is 35.2 Å². The molecule has 1 N–H and O–H groups in total. The second-order valence-corrected chi connectivity index (χ2v) is 5.17. The standard InChI is InChI=1S/C16H13ClN4O/c17-14-8-4-7-13(9-14)15(22)19-16-20-18-11-21(16)10-12-5-2-1-3-6-12/h1-9,11H,10H2,(H,19,20,22). The molecule has 6 heteroatoms. The Morgan fingerprint density at radius 2 is 1.95 bits per heavy atom. The van der Waals surface area contributed by atoms with Gasteiger partial charge < -0.3 is 0 Å². The highest BCUT2D eigenvalue weighted by molar-refractivity contribution is 6.31. The summed E-state index contributed by atoms with van der Waals surface area (Å²) in [5.74, 6) is 0.124. The second-order valence-electron chi connectivity index (χ2n) is 4.73. The van der Waals surface area contributed by atoms with Crippen molar-refractivity contribution < 1.29 is 4.79 Å². The lowest BCUT2D eigenvalue weighted by molar-refractivity contribution is 0.102. The number of aromatic nitrogens is 3. The van der Waals surface area contributed by atoms with Gasteiger partial charge >= 0.3 is 0 Å². The Balaban J connectivity index is 1.76. The van der Waals surface area contributed by atoms with E-state index >= 15 is 0 Å². The van der Waals surface area contributed by atoms with Crippen LogP contribution in [0.2, 0.25) is 5.02 Å². The highest BCUT2D eigenvalue weighted by Gasteiger charge is 2.11. The van der Waals surface area contributed by atoms with Gasteiger partial charge in [0.25, 0.3) is 5.91 Å². The van der Waals surface area contributed by atoms with E-state index in [1.807, 2.05) is 30.3 Å². The molecule has 0 aliphatic rings. The Hall–Kier alpha value is -2.66. The molecule has 0 radical (unpaired) electrons. The van der Waals surface area contributed by atoms with Crippen LogP contribution < -0.4 is 5.32 Å². The summed E-state index contributed by atoms with van der Waals surface area (Å²) >= 11 is 5.90. The third kappa shape index (κ3) is 3.32. The molecular weight excluding hydrogens is 300 g/mol. The number of carbonyl (C=O) groups is 1. The molecule has 1 amide bonds. The third-order valence-electron chi connectivity index (χ3n) is 3.12. The molecule has 0 unspecified atom stereocenters. The molecule has 22 heavy (non-hydrogen) atoms. The summed E-state index contributed by atoms with van der Waals surface area (Å²) < 4.78 is 1.78. The van der Waals surface area contributed by atoms with Crippen LogP contribution in [0, 0.1) is 0 Å². The molecule has 3 rings (SSSR count). The smallest absolute Gasteiger partial charge is 0.258 e. The van der Waals surface area contributed by atoms with Gasteiger partial charge in [-0.2, -0.15) is 0 Å². The highest BCUT2D eigenvalue weighted by atomic mass is 35.5. The lowest BCUT2D eigenvalue weighted by atomic mass is 10.2. The van der Waals surface area contributed by atoms with Crippen molar-refractivity contribution >= 4 is 23.5 Å². The van der Waals surface area contributed by atoms with Crippen LogP contribution in [0.15, 0.2) is 60.9 Å². The number of amides is 1. The fraction of sp³-hybridized carbons (Fsp3) is 0.0625. The number of carbonyl (C=O) groups excluding carboxylic acids is 1. The van der Waals surface area contributed by atoms with E-state index < -0.39 is 0 Å². The van der Waals surface area contributed by atoms with E-state index in [1.165, 1.54) is 0 Å². The molecule has 0 bridgehead atoms. The van der Waals surface area contributed by atoms with Crippen LogP contribution in [0.25, 0.3) is 0 Å². The van der Waals surface area contributed by atoms with Gasteiger partial charge in [-0.3, -0.25) is 14.7 Å². The van der Waals surface area contributed by atoms with Gasteiger partial charge in [0.15, 0.2) is 0 Å². The van der Waals surface area contributed by atoms with E-state index in [0.717, 1.165) is 5.56 Å². The van der Waals surface area contributed by atoms with Crippen LogP contribution in [0.1, 0.15) is 15.9 Å². The maximum atomic E-state index is 12.2. The highest BCUT2D eigenvalue weighted by Crippen LogP contribution is 2.13. The Morgan fingerprint density at radius 1 is 1.14 bits per heavy atom. The van der Waals surface area contributed by atoms with E-state index in [9.17, 15) is 4.79 Å². The number of rotatable bonds is 4. The predicted molar refractivity (Wildman–Crippen MR) is 85.0 cm³/mol. The number of anilines is 1. The van der Waals surface area contributed by atoms with E-state index in [0.29, 0.717) is 23.1 Å². The first kappa shape index (κ1) is 14.3. The van der Waals surface area contributed by atoms with Crippen LogP contribution in [0.3, 0.4) is 0 Å². The number of nitrogens with one attached hydrogen (secondary N) is 1. The van der Waals surface area contributed by atoms with Gasteiger partial charge in [0.1, 0.15) is 6.33 Å². The lowest BCUT2D eigenvalue weighted by Crippen LogP contribution is -2.16. The summed E-state index contributed by atoms with van der Waals surface area (Å²) in [4.78, 5) is 12.2. The molecule has 2 aromatic carbocycles. The number of benzene rings is 2. The Kier molecular flexibility index (Phi) is 4.16. The first-order valence-corrected chi connectivity index (χ1v) is 7.09. The number of hydrogen-bond donors (Lipinski definition) is 1. The maximum absolute atomic E-state index is 12.2. The number of hydrogen-bond acceptors (Lipinski definition) is 3. The molecule has 0 aliphatic carbocycles. The van der Waals surface area contributed by atoms with Gasteiger partial charge in [0, 0.05) is 10.6 Å². The number of halogens is 1. The predicted octanol–water partition coefficient (Wildman–Crippen LogP) is 3.23. The molecule has 1 heterocycles. The molecule has 0 aliphatic heterocycles. The van der Waals surface area contributed by atoms with E-state index in [2.05, 4.69) is 15.5 Å². The van der Waals surface area contributed by atoms with E-state index in [4.69, 9.17) is 11.6 Å². The van der Waals surface area contributed by atoms with E-state index in [-0.39, 0.29) is 5.91 Å². The minimum absolute atomic E-state index is 0.273. The minimum Gasteiger partial charge on any atom is -0.295 e. The van der Waals surface area contributed by atoms with Gasteiger partial charge in [0.05, 0.1) is 6.54 Å². The monoisotopic (exact) mass is 312 g/mol. The Bertz CT molecular complexity index is 786. The second kappa shape index (κ2) is 6.41. The summed E-state index contributed by atoms with van der Waals surface area (Å²) in [7, 11) is 0. The zero-order chi connectivity index (χ0) is 15.4. The van der Waals surface area contributed by atoms with Crippen molar-refractivity contribution in [2.75, 3.05) is 5.32 Å². The molecule has 3 aromatic rings. The van der Waals surface area contributed by atoms with Crippen molar-refractivity contribution in [3.05, 3.63) is 77.1 Å². The van der Waals surface area contributed by atoms with Crippen LogP contribution in [0.4, 0.5) is 5.95 Å². The quantitative estimate of drug-likeness (QED) is 0.804. The fourth-order valence-corrected chi connectivity index (χ4v) is 2.24. The minimum atomic E-state index is -0.273. The van der Waals surface area contributed by atoms with Crippen molar-refractivity contribution in [3.8, 4) is 0 Å². The lowest BCUT2D eigenvalue weighted by Gasteiger charge is -2.08. The average Bonchev–Trinajstić information content (AvgIpc) is 2.95. The van der Waals surface area contributed by atoms with Crippen molar-refractivity contribution in [1.29, 1.82) is 0 Å². The molecule has 1 aromatic heterocycles. The molecule has 0 atom stereocenters. The Morgan fingerprint density at radius 3 is 2.73 bits per heavy atom. The van der Waals surface area contributed by atoms with Crippen LogP contribution in [-0.4, -0.2) is 20.7 Å². The van der Waals surface area contributed by atoms with Crippen LogP contribution in [-0.2, 0) is 6.54 Å². The summed E-state index contributed by atoms with van der Waals surface area (Å²) in [5, 5.41) is 11.1. The molecule has 110 valence electrons. The van der Waals surface area contributed by atoms with Crippen molar-refractivity contribution in [1.82, 2.24) is 14.8 Å². The summed E-state index contributed by atoms with van der Waals surface area (Å²) in [6.07, 6.45) is 1.58. The molecule has 5 nitrogen and oxygen atoms in total. The first-order valence-electron chi connectivity index (χ1n) is 6.71. The van der Waals surface area contributed by atoms with Crippen molar-refractivity contribution in [3.63, 3.8) is 0 Å². The summed E-state index contributed by atoms with van der Waals surface area (Å²) in [5.41, 5.74) is 1.57. The largest absolute Gasteiger partial charge is 0.295 e. The number of nitrogens with zero attached hydrogens (tertiary/aromatic N) is 3. The molecule has 0 spiro atoms. The van der Waals surface area contributed by atoms with Crippen LogP contribution >= 0.6 is 11.6 Å². The third-order valence-corrected chi connectivity index (χ3v) is 3.36. The van der Waals surface area contributed by atoms with Crippen LogP contribution in [0.5, 0.6) is 0 Å². The van der Waals surface area contributed by atoms with Crippen molar-refractivity contribution in [2.45, 2.75) is 6.54 Å². The topological polar surface area (TPSA) is 59.8 Å². The summed E-state index contributed by atoms with van der Waals surface area (Å²) in [6, 6.07) is 16.6. The Labute approximate surface area is 132 Å². The first-order chi connectivity index (χ1) is 10.7. The van der Waals surface area contributed by atoms with Gasteiger partial charge in [0.2, 0.25) is 5.95 Å². The SMILES string of the molecule is O=C(Nc1nncn1Cc1ccccc1)c1cccc(Cl)c1. The van der Waals surface area contributed by atoms with Gasteiger partial charge in [-0.05, 0) is 23.8 Å². The zero-order valence-corrected chi connectivity index (χ0v) is 12.4. The van der Waals surface area contributed by atoms with Gasteiger partial charge in [-0.25, -0.2) is 0 Å². The normalized spacial score (nSPS) is 10.4. The average molecular weight is 313 g/mol. The molecule has 0 saturated heterocycles. The molecular formula is C16H13ClN4O. The molecule has 0 fully saturated rings.